The molecule has 5 atom stereocenters. The molecule has 3 aromatic rings. The SMILES string of the molecule is CC(C)(C)[C@H](c1cc(-c2cc(F)ccc2F)cn1Cc1ccccc1)N(CC[C@H](N)C(=O)N[C@H](CCC(=O)CNC(=O)C(CC(=O)O)SC[C@H](N)C(=O)O)C(=O)O)C(=O)CO. The van der Waals surface area contributed by atoms with E-state index in [1.54, 1.807) is 16.8 Å². The molecule has 17 nitrogen and oxygen atoms in total. The molecule has 20 heteroatoms. The summed E-state index contributed by atoms with van der Waals surface area (Å²) in [4.78, 5) is 87.6. The predicted octanol–water partition coefficient (Wildman–Crippen LogP) is 2.13. The number of nitrogens with two attached hydrogens (primary N) is 2. The Bertz CT molecular complexity index is 2050. The number of halogens is 2. The largest absolute Gasteiger partial charge is 0.481 e. The molecular formula is C41H52F2N6O11S. The number of carboxylic acids is 3. The number of aliphatic hydroxyl groups excluding tert-OH is 1. The van der Waals surface area contributed by atoms with Gasteiger partial charge in [0.25, 0.3) is 0 Å². The van der Waals surface area contributed by atoms with Crippen LogP contribution in [0.5, 0.6) is 0 Å². The Kier molecular flexibility index (Phi) is 18.5. The minimum absolute atomic E-state index is 0.0158. The van der Waals surface area contributed by atoms with Crippen molar-refractivity contribution < 1.29 is 62.8 Å². The van der Waals surface area contributed by atoms with Crippen molar-refractivity contribution in [2.45, 2.75) is 82.4 Å². The zero-order valence-corrected chi connectivity index (χ0v) is 34.7. The van der Waals surface area contributed by atoms with E-state index >= 15 is 4.39 Å². The maximum atomic E-state index is 15.1. The number of hydrogen-bond donors (Lipinski definition) is 8. The lowest BCUT2D eigenvalue weighted by Crippen LogP contribution is -2.51. The van der Waals surface area contributed by atoms with Gasteiger partial charge in [0.05, 0.1) is 30.3 Å². The lowest BCUT2D eigenvalue weighted by atomic mass is 9.82. The first-order valence-corrected chi connectivity index (χ1v) is 20.2. The van der Waals surface area contributed by atoms with Gasteiger partial charge in [-0.15, -0.1) is 11.8 Å². The highest BCUT2D eigenvalue weighted by atomic mass is 32.2. The van der Waals surface area contributed by atoms with Gasteiger partial charge in [0.1, 0.15) is 30.3 Å². The van der Waals surface area contributed by atoms with Crippen molar-refractivity contribution in [2.24, 2.45) is 16.9 Å². The molecule has 0 saturated heterocycles. The predicted molar refractivity (Wildman–Crippen MR) is 220 cm³/mol. The number of nitrogens with zero attached hydrogens (tertiary/aromatic N) is 2. The number of thioether (sulfide) groups is 1. The Morgan fingerprint density at radius 1 is 0.885 bits per heavy atom. The molecule has 1 unspecified atom stereocenters. The number of benzene rings is 2. The Morgan fingerprint density at radius 3 is 2.15 bits per heavy atom. The summed E-state index contributed by atoms with van der Waals surface area (Å²) in [7, 11) is 0. The second-order valence-electron chi connectivity index (χ2n) is 15.4. The summed E-state index contributed by atoms with van der Waals surface area (Å²) >= 11 is 0.683. The minimum atomic E-state index is -1.61. The molecule has 0 fully saturated rings. The lowest BCUT2D eigenvalue weighted by Gasteiger charge is -2.41. The maximum Gasteiger partial charge on any atom is 0.326 e. The lowest BCUT2D eigenvalue weighted by molar-refractivity contribution is -0.142. The van der Waals surface area contributed by atoms with Crippen LogP contribution >= 0.6 is 11.8 Å². The summed E-state index contributed by atoms with van der Waals surface area (Å²) in [5.74, 6) is -9.03. The molecule has 332 valence electrons. The van der Waals surface area contributed by atoms with E-state index in [9.17, 15) is 48.2 Å². The molecule has 0 saturated carbocycles. The number of amides is 3. The van der Waals surface area contributed by atoms with Gasteiger partial charge in [-0.05, 0) is 48.1 Å². The standard InChI is InChI=1S/C41H52F2N6O11S/c1-41(2,3)36(32-15-24(27-16-25(42)9-11-28(27)43)20-48(32)19-23-7-5-4-6-8-23)49(34(52)21-50)14-13-29(44)37(55)47-31(40(59)60)12-10-26(51)18-46-38(56)33(17-35(53)54)61-22-30(45)39(57)58/h4-9,11,15-16,20,29-31,33,36,50H,10,12-14,17-19,21-22,44-45H2,1-3H3,(H,46,56)(H,47,55)(H,53,54)(H,57,58)(H,59,60)/t29-,30-,31+,33?,36-/m0/s1. The van der Waals surface area contributed by atoms with Gasteiger partial charge in [0.15, 0.2) is 5.78 Å². The van der Waals surface area contributed by atoms with Crippen molar-refractivity contribution in [3.05, 3.63) is 83.7 Å². The van der Waals surface area contributed by atoms with E-state index in [2.05, 4.69) is 10.6 Å². The molecule has 1 heterocycles. The Labute approximate surface area is 354 Å². The maximum absolute atomic E-state index is 15.1. The molecule has 0 aliphatic carbocycles. The molecule has 0 radical (unpaired) electrons. The van der Waals surface area contributed by atoms with Crippen molar-refractivity contribution in [1.82, 2.24) is 20.1 Å². The third-order valence-corrected chi connectivity index (χ3v) is 10.8. The summed E-state index contributed by atoms with van der Waals surface area (Å²) < 4.78 is 31.2. The van der Waals surface area contributed by atoms with Gasteiger partial charge in [-0.2, -0.15) is 0 Å². The fourth-order valence-corrected chi connectivity index (χ4v) is 7.49. The van der Waals surface area contributed by atoms with Gasteiger partial charge < -0.3 is 52.0 Å². The molecule has 2 aromatic carbocycles. The average molecular weight is 875 g/mol. The summed E-state index contributed by atoms with van der Waals surface area (Å²) in [6, 6.07) is 8.75. The molecule has 3 amide bonds. The highest BCUT2D eigenvalue weighted by molar-refractivity contribution is 8.00. The van der Waals surface area contributed by atoms with Gasteiger partial charge in [-0.1, -0.05) is 51.1 Å². The molecule has 61 heavy (non-hydrogen) atoms. The average Bonchev–Trinajstić information content (AvgIpc) is 3.60. The van der Waals surface area contributed by atoms with Crippen molar-refractivity contribution in [3.8, 4) is 11.1 Å². The number of aliphatic hydroxyl groups is 1. The number of carbonyl (C=O) groups excluding carboxylic acids is 4. The molecule has 0 aliphatic heterocycles. The van der Waals surface area contributed by atoms with Crippen molar-refractivity contribution in [3.63, 3.8) is 0 Å². The van der Waals surface area contributed by atoms with Gasteiger partial charge >= 0.3 is 17.9 Å². The molecule has 0 spiro atoms. The number of nitrogens with one attached hydrogen (secondary N) is 2. The molecule has 10 N–H and O–H groups in total. The number of rotatable bonds is 24. The van der Waals surface area contributed by atoms with Crippen LogP contribution in [0.2, 0.25) is 0 Å². The molecule has 1 aromatic heterocycles. The van der Waals surface area contributed by atoms with E-state index in [1.807, 2.05) is 51.1 Å². The fraction of sp³-hybridized carbons (Fsp3) is 0.439. The monoisotopic (exact) mass is 874 g/mol. The number of hydrogen-bond acceptors (Lipinski definition) is 11. The van der Waals surface area contributed by atoms with Gasteiger partial charge in [0.2, 0.25) is 17.7 Å². The minimum Gasteiger partial charge on any atom is -0.481 e. The number of aliphatic carboxylic acids is 3. The van der Waals surface area contributed by atoms with Crippen molar-refractivity contribution in [1.29, 1.82) is 0 Å². The normalized spacial score (nSPS) is 13.9. The number of aromatic nitrogens is 1. The second-order valence-corrected chi connectivity index (χ2v) is 16.6. The Morgan fingerprint density at radius 2 is 1.56 bits per heavy atom. The van der Waals surface area contributed by atoms with Crippen molar-refractivity contribution in [2.75, 3.05) is 25.4 Å². The van der Waals surface area contributed by atoms with Crippen LogP contribution in [0.15, 0.2) is 60.8 Å². The summed E-state index contributed by atoms with van der Waals surface area (Å²) in [6.07, 6.45) is -0.130. The number of carbonyl (C=O) groups is 7. The van der Waals surface area contributed by atoms with Crippen LogP contribution in [0.25, 0.3) is 11.1 Å². The summed E-state index contributed by atoms with van der Waals surface area (Å²) in [5.41, 5.74) is 12.5. The van der Waals surface area contributed by atoms with Crippen LogP contribution < -0.4 is 22.1 Å². The van der Waals surface area contributed by atoms with Crippen LogP contribution in [0.1, 0.15) is 63.8 Å². The first-order valence-electron chi connectivity index (χ1n) is 19.1. The van der Waals surface area contributed by atoms with Gasteiger partial charge in [0, 0.05) is 48.3 Å². The van der Waals surface area contributed by atoms with Crippen LogP contribution in [0, 0.1) is 17.0 Å². The third-order valence-electron chi connectivity index (χ3n) is 9.48. The molecular weight excluding hydrogens is 823 g/mol. The van der Waals surface area contributed by atoms with E-state index in [0.29, 0.717) is 23.0 Å². The fourth-order valence-electron chi connectivity index (χ4n) is 6.42. The number of ketones is 1. The molecule has 3 rings (SSSR count). The topological polar surface area (TPSA) is 285 Å². The van der Waals surface area contributed by atoms with E-state index in [1.165, 1.54) is 4.90 Å². The Hall–Kier alpha value is -5.70. The zero-order valence-electron chi connectivity index (χ0n) is 33.9. The van der Waals surface area contributed by atoms with Crippen LogP contribution in [0.4, 0.5) is 8.78 Å². The van der Waals surface area contributed by atoms with Crippen LogP contribution in [-0.4, -0.2) is 120 Å². The van der Waals surface area contributed by atoms with Gasteiger partial charge in [-0.3, -0.25) is 28.8 Å². The number of carboxylic acid groups (broad SMARTS) is 3. The highest BCUT2D eigenvalue weighted by Gasteiger charge is 2.38. The van der Waals surface area contributed by atoms with E-state index in [0.717, 1.165) is 23.8 Å². The first kappa shape index (κ1) is 49.7. The molecule has 0 aliphatic rings. The summed E-state index contributed by atoms with van der Waals surface area (Å²) in [5, 5.41) is 41.3. The summed E-state index contributed by atoms with van der Waals surface area (Å²) in [6.45, 7) is 4.02. The first-order chi connectivity index (χ1) is 28.6. The van der Waals surface area contributed by atoms with E-state index in [-0.39, 0.29) is 30.8 Å². The van der Waals surface area contributed by atoms with Crippen molar-refractivity contribution >= 4 is 53.2 Å². The molecule has 0 bridgehead atoms. The quantitative estimate of drug-likeness (QED) is 0.0641. The van der Waals surface area contributed by atoms with E-state index < -0.39 is 120 Å². The van der Waals surface area contributed by atoms with Crippen LogP contribution in [-0.2, 0) is 40.1 Å². The zero-order chi connectivity index (χ0) is 45.6. The smallest absolute Gasteiger partial charge is 0.326 e. The van der Waals surface area contributed by atoms with E-state index in [4.69, 9.17) is 21.7 Å². The van der Waals surface area contributed by atoms with Gasteiger partial charge in [-0.25, -0.2) is 13.6 Å². The Balaban J connectivity index is 1.76. The number of Topliss-reactive ketones (excluding diaryl/α,β-unsaturated/α-hetero) is 1. The second kappa shape index (κ2) is 22.8. The highest BCUT2D eigenvalue weighted by Crippen LogP contribution is 2.41. The third kappa shape index (κ3) is 15.1. The van der Waals surface area contributed by atoms with Crippen LogP contribution in [0.3, 0.4) is 0 Å².